The Bertz CT molecular complexity index is 2990. The van der Waals surface area contributed by atoms with Gasteiger partial charge in [-0.3, -0.25) is 0 Å². The summed E-state index contributed by atoms with van der Waals surface area (Å²) in [6, 6.07) is 64.1. The van der Waals surface area contributed by atoms with Gasteiger partial charge in [-0.25, -0.2) is 9.97 Å². The number of nitrogens with zero attached hydrogens (tertiary/aromatic N) is 2. The van der Waals surface area contributed by atoms with Crippen molar-refractivity contribution < 1.29 is 4.57 Å². The molecule has 10 aromatic rings. The number of hydrogen-bond acceptors (Lipinski definition) is 3. The summed E-state index contributed by atoms with van der Waals surface area (Å²) in [6.45, 7) is 0. The molecule has 0 fully saturated rings. The van der Waals surface area contributed by atoms with E-state index in [9.17, 15) is 0 Å². The molecule has 2 heterocycles. The minimum absolute atomic E-state index is 0.559. The Balaban J connectivity index is 1.34. The molecule has 52 heavy (non-hydrogen) atoms. The number of pyridine rings is 2. The molecule has 4 heteroatoms. The molecule has 0 unspecified atom stereocenters. The fraction of sp³-hybridized carbons (Fsp3) is 0. The summed E-state index contributed by atoms with van der Waals surface area (Å²) in [6.07, 6.45) is 0. The normalized spacial score (nSPS) is 11.9. The maximum absolute atomic E-state index is 15.4. The van der Waals surface area contributed by atoms with Crippen LogP contribution in [0.3, 0.4) is 0 Å². The largest absolute Gasteiger partial charge is 0.307 e. The summed E-state index contributed by atoms with van der Waals surface area (Å²) in [5.74, 6) is 0. The van der Waals surface area contributed by atoms with E-state index in [-0.39, 0.29) is 0 Å². The van der Waals surface area contributed by atoms with E-state index >= 15 is 4.57 Å². The first-order valence-electron chi connectivity index (χ1n) is 17.5. The third-order valence-corrected chi connectivity index (χ3v) is 13.2. The zero-order valence-electron chi connectivity index (χ0n) is 28.1. The van der Waals surface area contributed by atoms with E-state index in [1.54, 1.807) is 0 Å². The maximum Gasteiger partial charge on any atom is 0.188 e. The number of aromatic nitrogens is 2. The fourth-order valence-corrected chi connectivity index (χ4v) is 10.5. The van der Waals surface area contributed by atoms with Crippen molar-refractivity contribution in [3.05, 3.63) is 188 Å². The molecule has 0 saturated heterocycles. The highest BCUT2D eigenvalue weighted by atomic mass is 31.2. The van der Waals surface area contributed by atoms with Crippen LogP contribution < -0.4 is 16.0 Å². The van der Waals surface area contributed by atoms with E-state index < -0.39 is 7.14 Å². The third kappa shape index (κ3) is 4.64. The van der Waals surface area contributed by atoms with E-state index in [4.69, 9.17) is 9.97 Å². The lowest BCUT2D eigenvalue weighted by atomic mass is 9.88. The first-order valence-corrected chi connectivity index (χ1v) is 19.2. The topological polar surface area (TPSA) is 42.9 Å². The number of hydrogen-bond donors (Lipinski definition) is 0. The van der Waals surface area contributed by atoms with E-state index in [1.807, 2.05) is 84.9 Å². The summed E-state index contributed by atoms with van der Waals surface area (Å²) < 4.78 is 15.4. The summed E-state index contributed by atoms with van der Waals surface area (Å²) in [4.78, 5) is 10.9. The Morgan fingerprint density at radius 3 is 1.52 bits per heavy atom. The minimum atomic E-state index is -3.30. The quantitative estimate of drug-likeness (QED) is 0.134. The first kappa shape index (κ1) is 30.4. The molecular formula is C48H31N2OP. The molecule has 2 aromatic heterocycles. The highest BCUT2D eigenvalue weighted by Gasteiger charge is 2.31. The average molecular weight is 683 g/mol. The van der Waals surface area contributed by atoms with Crippen LogP contribution in [0.4, 0.5) is 0 Å². The van der Waals surface area contributed by atoms with Gasteiger partial charge in [0.1, 0.15) is 5.44 Å². The van der Waals surface area contributed by atoms with Crippen molar-refractivity contribution in [2.24, 2.45) is 0 Å². The van der Waals surface area contributed by atoms with E-state index in [0.29, 0.717) is 5.44 Å². The molecular weight excluding hydrogens is 652 g/mol. The lowest BCUT2D eigenvalue weighted by Gasteiger charge is -2.21. The molecule has 10 rings (SSSR count). The van der Waals surface area contributed by atoms with Crippen molar-refractivity contribution in [2.45, 2.75) is 0 Å². The van der Waals surface area contributed by atoms with Crippen LogP contribution in [0.25, 0.3) is 76.5 Å². The van der Waals surface area contributed by atoms with Crippen molar-refractivity contribution in [3.8, 4) is 22.5 Å². The average Bonchev–Trinajstić information content (AvgIpc) is 3.23. The zero-order valence-corrected chi connectivity index (χ0v) is 29.0. The standard InChI is InChI=1S/C48H31N2OP/c51-52(33-19-6-2-7-20-33,34-21-8-3-9-22-34)44-30-16-29-43(49-44)41-31-42-45(38-26-13-11-25-37(38)41)46-39-27-14-10-23-35(39)36-24-12-15-28-40(36)48(46)50-47(42)32-17-4-1-5-18-32/h1-31H. The molecule has 244 valence electrons. The van der Waals surface area contributed by atoms with Gasteiger partial charge < -0.3 is 4.57 Å². The lowest BCUT2D eigenvalue weighted by molar-refractivity contribution is 0.592. The summed E-state index contributed by atoms with van der Waals surface area (Å²) in [5, 5.41) is 11.8. The van der Waals surface area contributed by atoms with Crippen LogP contribution in [0.15, 0.2) is 188 Å². The Hall–Kier alpha value is -6.41. The highest BCUT2D eigenvalue weighted by Crippen LogP contribution is 2.46. The highest BCUT2D eigenvalue weighted by molar-refractivity contribution is 7.85. The van der Waals surface area contributed by atoms with Crippen molar-refractivity contribution in [3.63, 3.8) is 0 Å². The predicted molar refractivity (Wildman–Crippen MR) is 220 cm³/mol. The van der Waals surface area contributed by atoms with Gasteiger partial charge in [-0.15, -0.1) is 0 Å². The van der Waals surface area contributed by atoms with Gasteiger partial charge in [-0.05, 0) is 45.1 Å². The van der Waals surface area contributed by atoms with Gasteiger partial charge in [-0.2, -0.15) is 0 Å². The minimum Gasteiger partial charge on any atom is -0.307 e. The van der Waals surface area contributed by atoms with Crippen LogP contribution in [0.1, 0.15) is 0 Å². The first-order chi connectivity index (χ1) is 25.7. The second-order valence-corrected chi connectivity index (χ2v) is 15.9. The van der Waals surface area contributed by atoms with Crippen LogP contribution in [0.2, 0.25) is 0 Å². The van der Waals surface area contributed by atoms with Crippen molar-refractivity contribution in [1.82, 2.24) is 9.97 Å². The molecule has 0 saturated carbocycles. The van der Waals surface area contributed by atoms with Crippen molar-refractivity contribution in [1.29, 1.82) is 0 Å². The molecule has 0 radical (unpaired) electrons. The molecule has 0 bridgehead atoms. The molecule has 0 aliphatic heterocycles. The fourth-order valence-electron chi connectivity index (χ4n) is 7.96. The number of benzene rings is 8. The van der Waals surface area contributed by atoms with Crippen LogP contribution in [-0.2, 0) is 4.57 Å². The molecule has 8 aromatic carbocycles. The lowest BCUT2D eigenvalue weighted by Crippen LogP contribution is -2.27. The molecule has 3 nitrogen and oxygen atoms in total. The zero-order chi connectivity index (χ0) is 34.6. The molecule has 0 amide bonds. The van der Waals surface area contributed by atoms with Gasteiger partial charge >= 0.3 is 0 Å². The molecule has 0 spiro atoms. The van der Waals surface area contributed by atoms with Crippen LogP contribution >= 0.6 is 7.14 Å². The maximum atomic E-state index is 15.4. The Labute approximate surface area is 301 Å². The van der Waals surface area contributed by atoms with Crippen LogP contribution in [-0.4, -0.2) is 9.97 Å². The van der Waals surface area contributed by atoms with Crippen molar-refractivity contribution >= 4 is 77.2 Å². The number of rotatable bonds is 5. The van der Waals surface area contributed by atoms with E-state index in [2.05, 4.69) is 103 Å². The predicted octanol–water partition coefficient (Wildman–Crippen LogP) is 11.2. The number of fused-ring (bicyclic) bond motifs is 10. The molecule has 0 aliphatic carbocycles. The van der Waals surface area contributed by atoms with Gasteiger partial charge in [0, 0.05) is 43.3 Å². The molecule has 0 N–H and O–H groups in total. The van der Waals surface area contributed by atoms with Crippen LogP contribution in [0.5, 0.6) is 0 Å². The second-order valence-electron chi connectivity index (χ2n) is 13.2. The van der Waals surface area contributed by atoms with Gasteiger partial charge in [0.05, 0.1) is 16.9 Å². The SMILES string of the molecule is O=P(c1ccccc1)(c1ccccc1)c1cccc(-c2cc3c(-c4ccccc4)nc4c5ccccc5c5ccccc5c4c3c3ccccc23)n1. The van der Waals surface area contributed by atoms with E-state index in [1.165, 1.54) is 21.5 Å². The summed E-state index contributed by atoms with van der Waals surface area (Å²) in [7, 11) is -3.30. The van der Waals surface area contributed by atoms with Gasteiger partial charge in [0.15, 0.2) is 7.14 Å². The monoisotopic (exact) mass is 682 g/mol. The summed E-state index contributed by atoms with van der Waals surface area (Å²) >= 11 is 0. The Morgan fingerprint density at radius 1 is 0.385 bits per heavy atom. The molecule has 0 atom stereocenters. The van der Waals surface area contributed by atoms with Gasteiger partial charge in [0.2, 0.25) is 0 Å². The smallest absolute Gasteiger partial charge is 0.188 e. The Kier molecular flexibility index (Phi) is 7.09. The summed E-state index contributed by atoms with van der Waals surface area (Å²) in [5.41, 5.74) is 5.26. The molecule has 0 aliphatic rings. The van der Waals surface area contributed by atoms with Gasteiger partial charge in [-0.1, -0.05) is 170 Å². The van der Waals surface area contributed by atoms with E-state index in [0.717, 1.165) is 65.6 Å². The van der Waals surface area contributed by atoms with Gasteiger partial charge in [0.25, 0.3) is 0 Å². The Morgan fingerprint density at radius 2 is 0.885 bits per heavy atom. The van der Waals surface area contributed by atoms with Crippen molar-refractivity contribution in [2.75, 3.05) is 0 Å². The van der Waals surface area contributed by atoms with Crippen LogP contribution in [0, 0.1) is 0 Å². The third-order valence-electron chi connectivity index (χ3n) is 10.3. The second kappa shape index (κ2) is 12.1.